The quantitative estimate of drug-likeness (QED) is 0.279. The molecule has 2 heterocycles. The average molecular weight is 566 g/mol. The molecular weight excluding hydrogens is 546 g/mol. The summed E-state index contributed by atoms with van der Waals surface area (Å²) in [4.78, 5) is 8.82. The van der Waals surface area contributed by atoms with Gasteiger partial charge in [-0.3, -0.25) is 0 Å². The highest BCUT2D eigenvalue weighted by Gasteiger charge is 2.34. The molecule has 0 aliphatic heterocycles. The Kier molecular flexibility index (Phi) is 7.05. The Bertz CT molecular complexity index is 1660. The second-order valence-electron chi connectivity index (χ2n) is 8.08. The second kappa shape index (κ2) is 10.6. The van der Waals surface area contributed by atoms with E-state index in [9.17, 15) is 13.5 Å². The highest BCUT2D eigenvalue weighted by atomic mass is 35.5. The predicted molar refractivity (Wildman–Crippen MR) is 139 cm³/mol. The standard InChI is InChI=1S/C26H20ClN5O6S/c1-36-20-11-3-16(4-12-20)22-15-23(17-5-13-21(37-2)14-6-17)29-26(28-22)30-39(34,35)24-25(33)38-31-32(24)19-9-7-18(27)8-10-19/h3-15H,1-2H3,(H-,28,29,30,31,33). The number of benzene rings is 3. The molecule has 11 nitrogen and oxygen atoms in total. The van der Waals surface area contributed by atoms with Crippen LogP contribution in [0.1, 0.15) is 0 Å². The van der Waals surface area contributed by atoms with E-state index < -0.39 is 21.0 Å². The van der Waals surface area contributed by atoms with Crippen molar-refractivity contribution in [1.82, 2.24) is 15.2 Å². The van der Waals surface area contributed by atoms with Crippen LogP contribution in [0.15, 0.2) is 88.4 Å². The van der Waals surface area contributed by atoms with Crippen LogP contribution in [-0.4, -0.2) is 37.9 Å². The van der Waals surface area contributed by atoms with E-state index in [4.69, 9.17) is 21.1 Å². The summed E-state index contributed by atoms with van der Waals surface area (Å²) in [6.45, 7) is 0. The fourth-order valence-electron chi connectivity index (χ4n) is 3.69. The van der Waals surface area contributed by atoms with Gasteiger partial charge in [0, 0.05) is 28.3 Å². The van der Waals surface area contributed by atoms with Gasteiger partial charge in [0.25, 0.3) is 0 Å². The van der Waals surface area contributed by atoms with Gasteiger partial charge in [-0.05, 0) is 71.4 Å². The number of anilines is 1. The molecule has 0 aliphatic rings. The first-order chi connectivity index (χ1) is 18.8. The van der Waals surface area contributed by atoms with Crippen LogP contribution in [-0.2, 0) is 10.0 Å². The van der Waals surface area contributed by atoms with Crippen LogP contribution >= 0.6 is 11.6 Å². The van der Waals surface area contributed by atoms with Crippen LogP contribution in [0, 0.1) is 0 Å². The molecule has 0 amide bonds. The van der Waals surface area contributed by atoms with Gasteiger partial charge in [0.2, 0.25) is 11.6 Å². The molecule has 5 rings (SSSR count). The maximum absolute atomic E-state index is 13.4. The number of methoxy groups -OCH3 is 2. The third-order valence-electron chi connectivity index (χ3n) is 5.62. The van der Waals surface area contributed by atoms with Gasteiger partial charge in [-0.15, -0.1) is 0 Å². The van der Waals surface area contributed by atoms with Crippen molar-refractivity contribution < 1.29 is 32.2 Å². The summed E-state index contributed by atoms with van der Waals surface area (Å²) in [5.41, 5.74) is 2.46. The molecule has 0 spiro atoms. The Morgan fingerprint density at radius 2 is 1.36 bits per heavy atom. The van der Waals surface area contributed by atoms with Gasteiger partial charge in [0.05, 0.1) is 30.9 Å². The molecule has 3 aromatic carbocycles. The molecule has 0 fully saturated rings. The molecule has 0 unspecified atom stereocenters. The number of nitrogens with zero attached hydrogens (tertiary/aromatic N) is 4. The molecule has 0 atom stereocenters. The lowest BCUT2D eigenvalue weighted by Crippen LogP contribution is -2.40. The summed E-state index contributed by atoms with van der Waals surface area (Å²) in [6.07, 6.45) is 0. The molecular formula is C26H20ClN5O6S. The minimum absolute atomic E-state index is 0.248. The summed E-state index contributed by atoms with van der Waals surface area (Å²) < 4.78 is 45.2. The Morgan fingerprint density at radius 3 is 1.85 bits per heavy atom. The number of aromatic nitrogens is 4. The second-order valence-corrected chi connectivity index (χ2v) is 10.1. The lowest BCUT2D eigenvalue weighted by molar-refractivity contribution is -0.706. The minimum atomic E-state index is -4.56. The Hall–Kier alpha value is -4.68. The van der Waals surface area contributed by atoms with Crippen LogP contribution in [0.3, 0.4) is 0 Å². The van der Waals surface area contributed by atoms with E-state index in [1.165, 1.54) is 24.3 Å². The number of ether oxygens (including phenoxy) is 2. The maximum atomic E-state index is 13.4. The van der Waals surface area contributed by atoms with E-state index in [2.05, 4.69) is 24.5 Å². The van der Waals surface area contributed by atoms with Crippen LogP contribution in [0.2, 0.25) is 5.02 Å². The molecule has 0 bridgehead atoms. The molecule has 198 valence electrons. The molecule has 13 heteroatoms. The summed E-state index contributed by atoms with van der Waals surface area (Å²) in [5.74, 6) is -0.144. The van der Waals surface area contributed by atoms with Crippen molar-refractivity contribution in [2.24, 2.45) is 0 Å². The summed E-state index contributed by atoms with van der Waals surface area (Å²) >= 11 is 5.93. The van der Waals surface area contributed by atoms with Crippen LogP contribution in [0.25, 0.3) is 28.2 Å². The zero-order valence-corrected chi connectivity index (χ0v) is 22.1. The Balaban J connectivity index is 1.59. The third-order valence-corrected chi connectivity index (χ3v) is 7.17. The van der Waals surface area contributed by atoms with Gasteiger partial charge < -0.3 is 19.1 Å². The highest BCUT2D eigenvalue weighted by Crippen LogP contribution is 2.29. The van der Waals surface area contributed by atoms with E-state index in [-0.39, 0.29) is 11.6 Å². The van der Waals surface area contributed by atoms with Gasteiger partial charge in [-0.25, -0.2) is 14.7 Å². The molecule has 0 saturated carbocycles. The molecule has 2 aromatic heterocycles. The van der Waals surface area contributed by atoms with Crippen molar-refractivity contribution in [3.05, 3.63) is 83.9 Å². The monoisotopic (exact) mass is 565 g/mol. The van der Waals surface area contributed by atoms with Gasteiger partial charge in [0.1, 0.15) is 11.5 Å². The average Bonchev–Trinajstić information content (AvgIpc) is 3.35. The van der Waals surface area contributed by atoms with Crippen molar-refractivity contribution in [2.45, 2.75) is 5.03 Å². The zero-order chi connectivity index (χ0) is 27.6. The number of sulfonamides is 1. The third kappa shape index (κ3) is 5.47. The highest BCUT2D eigenvalue weighted by molar-refractivity contribution is 7.92. The van der Waals surface area contributed by atoms with Crippen LogP contribution in [0.4, 0.5) is 5.95 Å². The van der Waals surface area contributed by atoms with Crippen molar-refractivity contribution in [3.63, 3.8) is 0 Å². The van der Waals surface area contributed by atoms with Crippen molar-refractivity contribution in [3.8, 4) is 45.6 Å². The molecule has 5 aromatic rings. The van der Waals surface area contributed by atoms with Crippen LogP contribution in [0.5, 0.6) is 17.4 Å². The SMILES string of the molecule is COc1ccc(-c2cc(-c3ccc(OC)cc3)nc(NS(=O)(=O)c3c([O-])on[n+]3-c3ccc(Cl)cc3)n2)cc1. The van der Waals surface area contributed by atoms with E-state index in [1.54, 1.807) is 68.8 Å². The van der Waals surface area contributed by atoms with Crippen molar-refractivity contribution in [2.75, 3.05) is 18.9 Å². The predicted octanol–water partition coefficient (Wildman–Crippen LogP) is 3.62. The van der Waals surface area contributed by atoms with E-state index in [1.807, 2.05) is 0 Å². The maximum Gasteiger partial charge on any atom is 0.373 e. The molecule has 0 saturated heterocycles. The first-order valence-electron chi connectivity index (χ1n) is 11.3. The summed E-state index contributed by atoms with van der Waals surface area (Å²) in [5, 5.41) is 15.7. The number of rotatable bonds is 8. The Morgan fingerprint density at radius 1 is 0.846 bits per heavy atom. The van der Waals surface area contributed by atoms with Gasteiger partial charge in [-0.1, -0.05) is 11.6 Å². The van der Waals surface area contributed by atoms with Crippen molar-refractivity contribution >= 4 is 27.6 Å². The largest absolute Gasteiger partial charge is 0.538 e. The van der Waals surface area contributed by atoms with E-state index in [0.29, 0.717) is 39.0 Å². The molecule has 0 radical (unpaired) electrons. The van der Waals surface area contributed by atoms with Gasteiger partial charge in [-0.2, -0.15) is 8.42 Å². The summed E-state index contributed by atoms with van der Waals surface area (Å²) in [6, 6.07) is 21.9. The number of halogens is 1. The molecule has 0 aliphatic carbocycles. The zero-order valence-electron chi connectivity index (χ0n) is 20.5. The molecule has 39 heavy (non-hydrogen) atoms. The molecule has 1 N–H and O–H groups in total. The number of nitrogens with one attached hydrogen (secondary N) is 1. The van der Waals surface area contributed by atoms with Gasteiger partial charge >= 0.3 is 15.0 Å². The lowest BCUT2D eigenvalue weighted by Gasteiger charge is -2.11. The topological polar surface area (TPSA) is 143 Å². The fraction of sp³-hybridized carbons (Fsp3) is 0.0769. The number of hydrogen-bond donors (Lipinski definition) is 1. The minimum Gasteiger partial charge on any atom is -0.538 e. The first kappa shape index (κ1) is 25.9. The lowest BCUT2D eigenvalue weighted by atomic mass is 10.1. The Labute approximate surface area is 228 Å². The summed E-state index contributed by atoms with van der Waals surface area (Å²) in [7, 11) is -1.45. The van der Waals surface area contributed by atoms with Gasteiger partial charge in [0.15, 0.2) is 5.95 Å². The normalized spacial score (nSPS) is 11.3. The fourth-order valence-corrected chi connectivity index (χ4v) is 4.87. The van der Waals surface area contributed by atoms with E-state index >= 15 is 0 Å². The number of hydrogen-bond acceptors (Lipinski definition) is 9. The van der Waals surface area contributed by atoms with Crippen LogP contribution < -0.4 is 24.0 Å². The smallest absolute Gasteiger partial charge is 0.373 e. The van der Waals surface area contributed by atoms with E-state index in [0.717, 1.165) is 4.68 Å². The van der Waals surface area contributed by atoms with Crippen molar-refractivity contribution in [1.29, 1.82) is 0 Å². The first-order valence-corrected chi connectivity index (χ1v) is 13.2.